The van der Waals surface area contributed by atoms with Crippen molar-refractivity contribution in [2.24, 2.45) is 10.7 Å². The van der Waals surface area contributed by atoms with Crippen molar-refractivity contribution < 1.29 is 4.74 Å². The van der Waals surface area contributed by atoms with Gasteiger partial charge in [0, 0.05) is 25.3 Å². The van der Waals surface area contributed by atoms with Crippen LogP contribution >= 0.6 is 24.9 Å². The van der Waals surface area contributed by atoms with Gasteiger partial charge in [-0.3, -0.25) is 9.73 Å². The van der Waals surface area contributed by atoms with E-state index in [2.05, 4.69) is 30.8 Å². The summed E-state index contributed by atoms with van der Waals surface area (Å²) in [6.07, 6.45) is 4.21. The molecule has 2 aromatic rings. The monoisotopic (exact) mass is 336 g/mol. The smallest absolute Gasteiger partial charge is 0.119 e. The molecule has 1 saturated carbocycles. The molecule has 3 nitrogen and oxygen atoms in total. The molecule has 21 heavy (non-hydrogen) atoms. The van der Waals surface area contributed by atoms with E-state index in [0.717, 1.165) is 26.0 Å². The normalized spacial score (nSPS) is 22.2. The van der Waals surface area contributed by atoms with Gasteiger partial charge in [-0.15, -0.1) is 8.93 Å². The number of hydrogen-bond donors (Lipinski definition) is 0. The SMILES string of the molecule is Cc1nccc2cc(OCC3CC(/N=P/PP)C3)ccc12. The molecule has 0 N–H and O–H groups in total. The number of nitrogens with zero attached hydrogens (tertiary/aromatic N) is 2. The molecule has 1 heterocycles. The number of hydrogen-bond acceptors (Lipinski definition) is 3. The molecule has 0 spiro atoms. The minimum atomic E-state index is 0.568. The fourth-order valence-corrected chi connectivity index (χ4v) is 4.37. The number of benzene rings is 1. The van der Waals surface area contributed by atoms with Crippen LogP contribution in [0.4, 0.5) is 0 Å². The fourth-order valence-electron chi connectivity index (χ4n) is 2.66. The number of aryl methyl sites for hydroxylation is 1. The molecule has 1 aliphatic rings. The summed E-state index contributed by atoms with van der Waals surface area (Å²) in [5.41, 5.74) is 1.07. The molecular formula is C15H19N2OP3. The Labute approximate surface area is 130 Å². The van der Waals surface area contributed by atoms with E-state index in [9.17, 15) is 0 Å². The van der Waals surface area contributed by atoms with Crippen LogP contribution < -0.4 is 4.74 Å². The molecule has 1 aromatic carbocycles. The van der Waals surface area contributed by atoms with Gasteiger partial charge >= 0.3 is 0 Å². The van der Waals surface area contributed by atoms with Crippen LogP contribution in [0.1, 0.15) is 18.5 Å². The van der Waals surface area contributed by atoms with E-state index in [1.807, 2.05) is 25.3 Å². The Hall–Kier alpha value is -0.610. The number of pyridine rings is 1. The van der Waals surface area contributed by atoms with Crippen LogP contribution in [-0.4, -0.2) is 17.6 Å². The molecule has 2 unspecified atom stereocenters. The van der Waals surface area contributed by atoms with Crippen molar-refractivity contribution in [2.75, 3.05) is 6.61 Å². The maximum Gasteiger partial charge on any atom is 0.119 e. The van der Waals surface area contributed by atoms with Crippen molar-refractivity contribution in [2.45, 2.75) is 25.8 Å². The predicted molar refractivity (Wildman–Crippen MR) is 95.9 cm³/mol. The van der Waals surface area contributed by atoms with Crippen LogP contribution in [0.25, 0.3) is 10.8 Å². The van der Waals surface area contributed by atoms with E-state index < -0.39 is 0 Å². The number of fused-ring (bicyclic) bond motifs is 1. The van der Waals surface area contributed by atoms with E-state index >= 15 is 0 Å². The van der Waals surface area contributed by atoms with E-state index in [4.69, 9.17) is 4.74 Å². The van der Waals surface area contributed by atoms with Gasteiger partial charge in [0.1, 0.15) is 5.75 Å². The van der Waals surface area contributed by atoms with Gasteiger partial charge in [-0.25, -0.2) is 0 Å². The summed E-state index contributed by atoms with van der Waals surface area (Å²) in [4.78, 5) is 4.31. The maximum atomic E-state index is 5.94. The molecule has 1 aliphatic carbocycles. The van der Waals surface area contributed by atoms with Crippen LogP contribution in [-0.2, 0) is 0 Å². The number of rotatable bonds is 5. The molecule has 6 heteroatoms. The second kappa shape index (κ2) is 7.10. The van der Waals surface area contributed by atoms with E-state index in [1.165, 1.54) is 31.7 Å². The summed E-state index contributed by atoms with van der Waals surface area (Å²) in [5, 5.41) is 2.39. The van der Waals surface area contributed by atoms with E-state index in [0.29, 0.717) is 12.0 Å². The second-order valence-electron chi connectivity index (χ2n) is 5.43. The zero-order valence-electron chi connectivity index (χ0n) is 12.0. The van der Waals surface area contributed by atoms with E-state index in [-0.39, 0.29) is 0 Å². The Kier molecular flexibility index (Phi) is 5.17. The van der Waals surface area contributed by atoms with Gasteiger partial charge in [0.15, 0.2) is 0 Å². The summed E-state index contributed by atoms with van der Waals surface area (Å²) in [5.74, 6) is 1.62. The minimum Gasteiger partial charge on any atom is -0.493 e. The van der Waals surface area contributed by atoms with Crippen molar-refractivity contribution in [3.8, 4) is 5.75 Å². The molecule has 0 radical (unpaired) electrons. The Morgan fingerprint density at radius 1 is 1.43 bits per heavy atom. The van der Waals surface area contributed by atoms with Crippen LogP contribution in [0.5, 0.6) is 5.75 Å². The molecule has 0 amide bonds. The highest BCUT2D eigenvalue weighted by molar-refractivity contribution is 8.36. The lowest BCUT2D eigenvalue weighted by Crippen LogP contribution is -2.31. The van der Waals surface area contributed by atoms with Crippen LogP contribution in [0.15, 0.2) is 35.2 Å². The van der Waals surface area contributed by atoms with Crippen molar-refractivity contribution in [3.05, 3.63) is 36.2 Å². The van der Waals surface area contributed by atoms with Crippen LogP contribution in [0.3, 0.4) is 0 Å². The zero-order valence-corrected chi connectivity index (χ0v) is 15.0. The third kappa shape index (κ3) is 3.78. The van der Waals surface area contributed by atoms with Gasteiger partial charge in [-0.1, -0.05) is 0 Å². The lowest BCUT2D eigenvalue weighted by atomic mass is 9.81. The van der Waals surface area contributed by atoms with Crippen LogP contribution in [0, 0.1) is 12.8 Å². The topological polar surface area (TPSA) is 34.5 Å². The van der Waals surface area contributed by atoms with Crippen molar-refractivity contribution in [3.63, 3.8) is 0 Å². The van der Waals surface area contributed by atoms with Gasteiger partial charge in [0.05, 0.1) is 12.6 Å². The minimum absolute atomic E-state index is 0.568. The first-order chi connectivity index (χ1) is 10.3. The van der Waals surface area contributed by atoms with E-state index in [1.54, 1.807) is 0 Å². The fraction of sp³-hybridized carbons (Fsp3) is 0.400. The number of aromatic nitrogens is 1. The zero-order chi connectivity index (χ0) is 14.7. The molecule has 0 aliphatic heterocycles. The second-order valence-corrected chi connectivity index (χ2v) is 9.81. The largest absolute Gasteiger partial charge is 0.493 e. The molecule has 2 atom stereocenters. The summed E-state index contributed by atoms with van der Waals surface area (Å²) in [7, 11) is 4.80. The van der Waals surface area contributed by atoms with Crippen molar-refractivity contribution in [1.29, 1.82) is 0 Å². The highest BCUT2D eigenvalue weighted by Crippen LogP contribution is 2.41. The van der Waals surface area contributed by atoms with Gasteiger partial charge in [0.2, 0.25) is 0 Å². The van der Waals surface area contributed by atoms with Gasteiger partial charge in [-0.2, -0.15) is 0 Å². The molecule has 1 aromatic heterocycles. The molecular weight excluding hydrogens is 317 g/mol. The summed E-state index contributed by atoms with van der Waals surface area (Å²) in [6, 6.07) is 8.86. The lowest BCUT2D eigenvalue weighted by molar-refractivity contribution is 0.162. The average Bonchev–Trinajstić information content (AvgIpc) is 2.45. The quantitative estimate of drug-likeness (QED) is 0.702. The standard InChI is InChI=1S/C15H19N2OP3/c1-10-15-3-2-14(8-12(15)4-5-16-10)18-9-11-6-13(7-11)17-20-21-19/h2-5,8,11,13,21H,6-7,9,19H2,1H3. The van der Waals surface area contributed by atoms with Crippen molar-refractivity contribution in [1.82, 2.24) is 4.98 Å². The Morgan fingerprint density at radius 3 is 3.10 bits per heavy atom. The molecule has 3 rings (SSSR count). The first kappa shape index (κ1) is 15.3. The van der Waals surface area contributed by atoms with Crippen molar-refractivity contribution >= 4 is 35.7 Å². The molecule has 1 fully saturated rings. The summed E-state index contributed by atoms with van der Waals surface area (Å²) in [6.45, 7) is 2.84. The first-order valence-electron chi connectivity index (χ1n) is 7.10. The highest BCUT2D eigenvalue weighted by Gasteiger charge is 2.28. The molecule has 0 saturated heterocycles. The Balaban J connectivity index is 1.56. The Bertz CT molecular complexity index is 656. The summed E-state index contributed by atoms with van der Waals surface area (Å²) >= 11 is 0. The maximum absolute atomic E-state index is 5.94. The predicted octanol–water partition coefficient (Wildman–Crippen LogP) is 5.21. The highest BCUT2D eigenvalue weighted by atomic mass is 32.4. The molecule has 0 bridgehead atoms. The first-order valence-corrected chi connectivity index (χ1v) is 11.6. The van der Waals surface area contributed by atoms with Crippen LogP contribution in [0.2, 0.25) is 0 Å². The number of ether oxygens (including phenoxy) is 1. The third-order valence-electron chi connectivity index (χ3n) is 3.91. The van der Waals surface area contributed by atoms with Gasteiger partial charge in [-0.05, 0) is 63.3 Å². The molecule has 110 valence electrons. The average molecular weight is 336 g/mol. The Morgan fingerprint density at radius 2 is 2.29 bits per heavy atom. The van der Waals surface area contributed by atoms with Gasteiger partial charge < -0.3 is 4.74 Å². The van der Waals surface area contributed by atoms with Gasteiger partial charge in [0.25, 0.3) is 0 Å². The lowest BCUT2D eigenvalue weighted by Gasteiger charge is -2.31. The summed E-state index contributed by atoms with van der Waals surface area (Å²) < 4.78 is 10.5. The third-order valence-corrected chi connectivity index (χ3v) is 6.20.